The van der Waals surface area contributed by atoms with Crippen LogP contribution >= 0.6 is 7.14 Å². The Morgan fingerprint density at radius 1 is 0.368 bits per heavy atom. The smallest absolute Gasteiger partial charge is 0.171 e. The fraction of sp³-hybridized carbons (Fsp3) is 0. The van der Waals surface area contributed by atoms with Crippen molar-refractivity contribution in [1.82, 2.24) is 0 Å². The van der Waals surface area contributed by atoms with Crippen molar-refractivity contribution in [3.63, 3.8) is 0 Å². The van der Waals surface area contributed by atoms with Crippen molar-refractivity contribution in [2.45, 2.75) is 0 Å². The Kier molecular flexibility index (Phi) is 5.46. The first-order chi connectivity index (χ1) is 18.7. The fourth-order valence-corrected chi connectivity index (χ4v) is 8.32. The van der Waals surface area contributed by atoms with Crippen molar-refractivity contribution in [2.75, 3.05) is 0 Å². The van der Waals surface area contributed by atoms with Crippen molar-refractivity contribution in [2.24, 2.45) is 0 Å². The summed E-state index contributed by atoms with van der Waals surface area (Å²) >= 11 is 0. The van der Waals surface area contributed by atoms with Crippen LogP contribution in [0.1, 0.15) is 0 Å². The lowest BCUT2D eigenvalue weighted by Crippen LogP contribution is -2.24. The molecule has 0 fully saturated rings. The number of benzene rings is 7. The molecule has 0 atom stereocenters. The zero-order valence-corrected chi connectivity index (χ0v) is 21.7. The van der Waals surface area contributed by atoms with E-state index < -0.39 is 7.14 Å². The van der Waals surface area contributed by atoms with Gasteiger partial charge in [-0.2, -0.15) is 0 Å². The molecule has 0 bridgehead atoms. The van der Waals surface area contributed by atoms with Gasteiger partial charge < -0.3 is 4.57 Å². The van der Waals surface area contributed by atoms with Crippen molar-refractivity contribution in [3.8, 4) is 11.1 Å². The molecule has 0 unspecified atom stereocenters. The summed E-state index contributed by atoms with van der Waals surface area (Å²) in [7, 11) is -3.01. The zero-order chi connectivity index (χ0) is 25.5. The normalized spacial score (nSPS) is 11.8. The average molecular weight is 505 g/mol. The van der Waals surface area contributed by atoms with Crippen molar-refractivity contribution >= 4 is 55.4 Å². The molecule has 0 radical (unpaired) electrons. The van der Waals surface area contributed by atoms with Gasteiger partial charge in [0.25, 0.3) is 0 Å². The minimum absolute atomic E-state index is 0.842. The molecule has 2 heteroatoms. The Morgan fingerprint density at radius 2 is 0.868 bits per heavy atom. The largest absolute Gasteiger partial charge is 0.309 e. The molecule has 0 spiro atoms. The standard InChI is InChI=1S/C36H25OP/c37-38(28-12-3-1-4-13-28,29-14-5-2-6-15-29)30-22-19-27(20-23-30)35-25-36-31-16-8-7-11-26(31)21-24-34(36)32-17-9-10-18-33(32)35/h1-25H. The first-order valence-electron chi connectivity index (χ1n) is 12.9. The van der Waals surface area contributed by atoms with Gasteiger partial charge in [-0.25, -0.2) is 0 Å². The van der Waals surface area contributed by atoms with E-state index in [2.05, 4.69) is 91.0 Å². The lowest BCUT2D eigenvalue weighted by Gasteiger charge is -2.20. The minimum Gasteiger partial charge on any atom is -0.309 e. The summed E-state index contributed by atoms with van der Waals surface area (Å²) in [6, 6.07) is 52.0. The molecule has 0 aliphatic heterocycles. The van der Waals surface area contributed by atoms with E-state index in [0.717, 1.165) is 21.5 Å². The Hall–Kier alpha value is -4.45. The average Bonchev–Trinajstić information content (AvgIpc) is 3.01. The van der Waals surface area contributed by atoms with Gasteiger partial charge in [0, 0.05) is 15.9 Å². The Labute approximate surface area is 222 Å². The summed E-state index contributed by atoms with van der Waals surface area (Å²) in [5, 5.41) is 10.0. The van der Waals surface area contributed by atoms with Crippen molar-refractivity contribution in [3.05, 3.63) is 152 Å². The van der Waals surface area contributed by atoms with Gasteiger partial charge in [0.2, 0.25) is 0 Å². The summed E-state index contributed by atoms with van der Waals surface area (Å²) in [6.45, 7) is 0. The Bertz CT molecular complexity index is 1930. The van der Waals surface area contributed by atoms with Gasteiger partial charge in [-0.1, -0.05) is 146 Å². The highest BCUT2D eigenvalue weighted by atomic mass is 31.2. The maximum absolute atomic E-state index is 14.8. The zero-order valence-electron chi connectivity index (χ0n) is 20.8. The molecule has 0 N–H and O–H groups in total. The van der Waals surface area contributed by atoms with Gasteiger partial charge in [0.15, 0.2) is 7.14 Å². The molecule has 1 nitrogen and oxygen atoms in total. The van der Waals surface area contributed by atoms with E-state index in [4.69, 9.17) is 0 Å². The topological polar surface area (TPSA) is 17.1 Å². The van der Waals surface area contributed by atoms with Gasteiger partial charge >= 0.3 is 0 Å². The number of fused-ring (bicyclic) bond motifs is 5. The number of hydrogen-bond acceptors (Lipinski definition) is 1. The van der Waals surface area contributed by atoms with Gasteiger partial charge in [0.1, 0.15) is 0 Å². The molecule has 7 aromatic rings. The molecule has 38 heavy (non-hydrogen) atoms. The molecular formula is C36H25OP. The molecule has 7 rings (SSSR count). The van der Waals surface area contributed by atoms with E-state index >= 15 is 0 Å². The van der Waals surface area contributed by atoms with Crippen LogP contribution in [0.5, 0.6) is 0 Å². The second kappa shape index (κ2) is 9.14. The van der Waals surface area contributed by atoms with Gasteiger partial charge in [-0.05, 0) is 49.5 Å². The Morgan fingerprint density at radius 3 is 1.53 bits per heavy atom. The van der Waals surface area contributed by atoms with Crippen LogP contribution in [-0.4, -0.2) is 0 Å². The summed E-state index contributed by atoms with van der Waals surface area (Å²) in [5.41, 5.74) is 2.30. The van der Waals surface area contributed by atoms with Crippen LogP contribution in [-0.2, 0) is 4.57 Å². The number of hydrogen-bond donors (Lipinski definition) is 0. The van der Waals surface area contributed by atoms with Crippen LogP contribution in [0.25, 0.3) is 43.4 Å². The van der Waals surface area contributed by atoms with Crippen LogP contribution in [0, 0.1) is 0 Å². The highest BCUT2D eigenvalue weighted by Crippen LogP contribution is 2.43. The minimum atomic E-state index is -3.01. The first kappa shape index (κ1) is 22.7. The van der Waals surface area contributed by atoms with E-state index in [9.17, 15) is 4.57 Å². The highest BCUT2D eigenvalue weighted by molar-refractivity contribution is 7.85. The molecular weight excluding hydrogens is 479 g/mol. The second-order valence-electron chi connectivity index (χ2n) is 9.68. The van der Waals surface area contributed by atoms with E-state index in [1.807, 2.05) is 60.7 Å². The van der Waals surface area contributed by atoms with Gasteiger partial charge in [-0.15, -0.1) is 0 Å². The maximum Gasteiger partial charge on any atom is 0.171 e. The van der Waals surface area contributed by atoms with Crippen molar-refractivity contribution in [1.29, 1.82) is 0 Å². The quantitative estimate of drug-likeness (QED) is 0.174. The molecule has 7 aromatic carbocycles. The van der Waals surface area contributed by atoms with Crippen LogP contribution in [0.2, 0.25) is 0 Å². The highest BCUT2D eigenvalue weighted by Gasteiger charge is 2.29. The van der Waals surface area contributed by atoms with E-state index in [1.165, 1.54) is 37.9 Å². The monoisotopic (exact) mass is 504 g/mol. The molecule has 0 heterocycles. The lowest BCUT2D eigenvalue weighted by atomic mass is 9.91. The molecule has 0 amide bonds. The summed E-state index contributed by atoms with van der Waals surface area (Å²) < 4.78 is 14.8. The van der Waals surface area contributed by atoms with E-state index in [1.54, 1.807) is 0 Å². The number of rotatable bonds is 4. The summed E-state index contributed by atoms with van der Waals surface area (Å²) in [4.78, 5) is 0. The molecule has 0 saturated heterocycles. The molecule has 0 aliphatic rings. The molecule has 180 valence electrons. The first-order valence-corrected chi connectivity index (χ1v) is 14.6. The van der Waals surface area contributed by atoms with Gasteiger partial charge in [-0.3, -0.25) is 0 Å². The summed E-state index contributed by atoms with van der Waals surface area (Å²) in [6.07, 6.45) is 0. The van der Waals surface area contributed by atoms with E-state index in [0.29, 0.717) is 0 Å². The SMILES string of the molecule is O=P(c1ccccc1)(c1ccccc1)c1ccc(-c2cc3c4ccccc4ccc3c3ccccc23)cc1. The van der Waals surface area contributed by atoms with Crippen LogP contribution in [0.15, 0.2) is 152 Å². The Balaban J connectivity index is 1.44. The third-order valence-electron chi connectivity index (χ3n) is 7.55. The molecule has 0 aliphatic carbocycles. The predicted molar refractivity (Wildman–Crippen MR) is 164 cm³/mol. The third kappa shape index (κ3) is 3.59. The third-order valence-corrected chi connectivity index (χ3v) is 10.6. The van der Waals surface area contributed by atoms with Gasteiger partial charge in [0.05, 0.1) is 0 Å². The lowest BCUT2D eigenvalue weighted by molar-refractivity contribution is 0.592. The molecule has 0 saturated carbocycles. The maximum atomic E-state index is 14.8. The van der Waals surface area contributed by atoms with Crippen molar-refractivity contribution < 1.29 is 4.57 Å². The fourth-order valence-electron chi connectivity index (χ4n) is 5.67. The summed E-state index contributed by atoms with van der Waals surface area (Å²) in [5.74, 6) is 0. The van der Waals surface area contributed by atoms with Crippen LogP contribution in [0.4, 0.5) is 0 Å². The van der Waals surface area contributed by atoms with Crippen LogP contribution in [0.3, 0.4) is 0 Å². The van der Waals surface area contributed by atoms with Crippen LogP contribution < -0.4 is 15.9 Å². The second-order valence-corrected chi connectivity index (χ2v) is 12.4. The van der Waals surface area contributed by atoms with E-state index in [-0.39, 0.29) is 0 Å². The predicted octanol–water partition coefficient (Wildman–Crippen LogP) is 8.45. The molecule has 0 aromatic heterocycles.